The molecule has 1 N–H and O–H groups in total. The van der Waals surface area contributed by atoms with E-state index in [1.165, 1.54) is 6.26 Å². The van der Waals surface area contributed by atoms with Crippen molar-refractivity contribution in [1.82, 2.24) is 4.31 Å². The Hall–Kier alpha value is -1.07. The summed E-state index contributed by atoms with van der Waals surface area (Å²) in [6, 6.07) is 7.02. The van der Waals surface area contributed by atoms with Crippen LogP contribution >= 0.6 is 0 Å². The van der Waals surface area contributed by atoms with Crippen LogP contribution in [0.3, 0.4) is 0 Å². The van der Waals surface area contributed by atoms with Crippen molar-refractivity contribution in [2.75, 3.05) is 12.8 Å². The van der Waals surface area contributed by atoms with E-state index in [4.69, 9.17) is 0 Å². The highest BCUT2D eigenvalue weighted by Gasteiger charge is 2.31. The maximum atomic E-state index is 11.6. The molecule has 0 amide bonds. The minimum atomic E-state index is -3.10. The number of nitrogens with zero attached hydrogens (tertiary/aromatic N) is 1. The molecule has 1 atom stereocenters. The van der Waals surface area contributed by atoms with Crippen LogP contribution in [0, 0.1) is 0 Å². The van der Waals surface area contributed by atoms with Gasteiger partial charge < -0.3 is 5.11 Å². The van der Waals surface area contributed by atoms with Crippen LogP contribution in [0.1, 0.15) is 18.4 Å². The third kappa shape index (κ3) is 2.98. The summed E-state index contributed by atoms with van der Waals surface area (Å²) in [5.41, 5.74) is 1.06. The van der Waals surface area contributed by atoms with Crippen molar-refractivity contribution in [1.29, 1.82) is 0 Å². The lowest BCUT2D eigenvalue weighted by Gasteiger charge is -2.22. The second-order valence-electron chi connectivity index (χ2n) is 4.54. The lowest BCUT2D eigenvalue weighted by Crippen LogP contribution is -2.35. The fraction of sp³-hybridized carbons (Fsp3) is 0.500. The standard InChI is InChI=1S/C12H17NO3S/c1-17(15,16)13-8-2-3-11(13)9-10-4-6-12(14)7-5-10/h4-7,11,14H,2-3,8-9H2,1H3. The first kappa shape index (κ1) is 12.4. The second kappa shape index (κ2) is 4.66. The first-order valence-electron chi connectivity index (χ1n) is 5.71. The van der Waals surface area contributed by atoms with E-state index in [1.54, 1.807) is 16.4 Å². The Balaban J connectivity index is 2.11. The molecule has 0 aromatic heterocycles. The second-order valence-corrected chi connectivity index (χ2v) is 6.48. The van der Waals surface area contributed by atoms with Gasteiger partial charge in [-0.05, 0) is 37.0 Å². The van der Waals surface area contributed by atoms with Crippen LogP contribution in [0.5, 0.6) is 5.75 Å². The van der Waals surface area contributed by atoms with Gasteiger partial charge in [0.05, 0.1) is 6.26 Å². The van der Waals surface area contributed by atoms with E-state index in [2.05, 4.69) is 0 Å². The van der Waals surface area contributed by atoms with Gasteiger partial charge in [0.1, 0.15) is 5.75 Å². The number of phenols is 1. The summed E-state index contributed by atoms with van der Waals surface area (Å²) in [5, 5.41) is 9.19. The number of hydrogen-bond acceptors (Lipinski definition) is 3. The van der Waals surface area contributed by atoms with Crippen molar-refractivity contribution in [2.24, 2.45) is 0 Å². The Bertz CT molecular complexity index is 481. The predicted octanol–water partition coefficient (Wildman–Crippen LogP) is 1.36. The molecule has 5 heteroatoms. The number of sulfonamides is 1. The zero-order valence-electron chi connectivity index (χ0n) is 9.83. The fourth-order valence-corrected chi connectivity index (χ4v) is 3.54. The number of phenolic OH excluding ortho intramolecular Hbond substituents is 1. The highest BCUT2D eigenvalue weighted by Crippen LogP contribution is 2.24. The zero-order valence-corrected chi connectivity index (χ0v) is 10.7. The summed E-state index contributed by atoms with van der Waals surface area (Å²) in [6.45, 7) is 0.627. The largest absolute Gasteiger partial charge is 0.508 e. The molecule has 0 spiro atoms. The third-order valence-corrected chi connectivity index (χ3v) is 4.49. The smallest absolute Gasteiger partial charge is 0.211 e. The Morgan fingerprint density at radius 1 is 1.35 bits per heavy atom. The maximum absolute atomic E-state index is 11.6. The number of hydrogen-bond donors (Lipinski definition) is 1. The van der Waals surface area contributed by atoms with Crippen LogP contribution in [0.4, 0.5) is 0 Å². The van der Waals surface area contributed by atoms with Crippen LogP contribution in [0.2, 0.25) is 0 Å². The van der Waals surface area contributed by atoms with Gasteiger partial charge in [-0.15, -0.1) is 0 Å². The summed E-state index contributed by atoms with van der Waals surface area (Å²) >= 11 is 0. The van der Waals surface area contributed by atoms with Crippen molar-refractivity contribution >= 4 is 10.0 Å². The van der Waals surface area contributed by atoms with Gasteiger partial charge in [0.25, 0.3) is 0 Å². The molecular weight excluding hydrogens is 238 g/mol. The topological polar surface area (TPSA) is 57.6 Å². The monoisotopic (exact) mass is 255 g/mol. The quantitative estimate of drug-likeness (QED) is 0.887. The highest BCUT2D eigenvalue weighted by molar-refractivity contribution is 7.88. The number of rotatable bonds is 3. The van der Waals surface area contributed by atoms with E-state index < -0.39 is 10.0 Å². The van der Waals surface area contributed by atoms with Gasteiger partial charge >= 0.3 is 0 Å². The summed E-state index contributed by atoms with van der Waals surface area (Å²) in [4.78, 5) is 0. The fourth-order valence-electron chi connectivity index (χ4n) is 2.35. The van der Waals surface area contributed by atoms with E-state index >= 15 is 0 Å². The Morgan fingerprint density at radius 3 is 2.59 bits per heavy atom. The number of aromatic hydroxyl groups is 1. The Kier molecular flexibility index (Phi) is 3.40. The van der Waals surface area contributed by atoms with E-state index in [0.717, 1.165) is 18.4 Å². The molecule has 0 radical (unpaired) electrons. The van der Waals surface area contributed by atoms with Crippen molar-refractivity contribution in [3.63, 3.8) is 0 Å². The van der Waals surface area contributed by atoms with Gasteiger partial charge in [-0.2, -0.15) is 4.31 Å². The minimum Gasteiger partial charge on any atom is -0.508 e. The zero-order chi connectivity index (χ0) is 12.5. The summed E-state index contributed by atoms with van der Waals surface area (Å²) in [5.74, 6) is 0.236. The van der Waals surface area contributed by atoms with Gasteiger partial charge in [0.15, 0.2) is 0 Å². The molecule has 1 aromatic rings. The minimum absolute atomic E-state index is 0.0644. The first-order valence-corrected chi connectivity index (χ1v) is 7.56. The summed E-state index contributed by atoms with van der Waals surface area (Å²) < 4.78 is 24.7. The van der Waals surface area contributed by atoms with E-state index in [9.17, 15) is 13.5 Å². The molecule has 2 rings (SSSR count). The molecule has 94 valence electrons. The van der Waals surface area contributed by atoms with E-state index in [-0.39, 0.29) is 11.8 Å². The number of benzene rings is 1. The lowest BCUT2D eigenvalue weighted by molar-refractivity contribution is 0.389. The normalized spacial score (nSPS) is 21.8. The molecule has 0 aliphatic carbocycles. The van der Waals surface area contributed by atoms with Crippen molar-refractivity contribution < 1.29 is 13.5 Å². The van der Waals surface area contributed by atoms with E-state index in [0.29, 0.717) is 13.0 Å². The van der Waals surface area contributed by atoms with Gasteiger partial charge in [-0.3, -0.25) is 0 Å². The van der Waals surface area contributed by atoms with Crippen LogP contribution in [0.15, 0.2) is 24.3 Å². The van der Waals surface area contributed by atoms with Crippen molar-refractivity contribution in [2.45, 2.75) is 25.3 Å². The molecule has 1 aromatic carbocycles. The Morgan fingerprint density at radius 2 is 2.00 bits per heavy atom. The van der Waals surface area contributed by atoms with Crippen LogP contribution in [0.25, 0.3) is 0 Å². The van der Waals surface area contributed by atoms with Crippen LogP contribution in [-0.4, -0.2) is 36.7 Å². The van der Waals surface area contributed by atoms with Crippen LogP contribution in [-0.2, 0) is 16.4 Å². The summed E-state index contributed by atoms with van der Waals surface area (Å²) in [6.07, 6.45) is 3.82. The van der Waals surface area contributed by atoms with Crippen molar-refractivity contribution in [3.05, 3.63) is 29.8 Å². The third-order valence-electron chi connectivity index (χ3n) is 3.16. The average molecular weight is 255 g/mol. The lowest BCUT2D eigenvalue weighted by atomic mass is 10.0. The average Bonchev–Trinajstić information content (AvgIpc) is 2.69. The molecule has 4 nitrogen and oxygen atoms in total. The molecule has 1 unspecified atom stereocenters. The molecule has 1 heterocycles. The van der Waals surface area contributed by atoms with Crippen LogP contribution < -0.4 is 0 Å². The molecular formula is C12H17NO3S. The molecule has 1 aliphatic rings. The maximum Gasteiger partial charge on any atom is 0.211 e. The molecule has 0 saturated carbocycles. The predicted molar refractivity (Wildman–Crippen MR) is 66.4 cm³/mol. The van der Waals surface area contributed by atoms with Crippen molar-refractivity contribution in [3.8, 4) is 5.75 Å². The Labute approximate surface area is 102 Å². The highest BCUT2D eigenvalue weighted by atomic mass is 32.2. The SMILES string of the molecule is CS(=O)(=O)N1CCCC1Cc1ccc(O)cc1. The first-order chi connectivity index (χ1) is 7.97. The molecule has 0 bridgehead atoms. The molecule has 1 fully saturated rings. The molecule has 1 aliphatic heterocycles. The molecule has 1 saturated heterocycles. The molecule has 17 heavy (non-hydrogen) atoms. The van der Waals surface area contributed by atoms with Gasteiger partial charge in [-0.1, -0.05) is 12.1 Å². The summed E-state index contributed by atoms with van der Waals surface area (Å²) in [7, 11) is -3.10. The van der Waals surface area contributed by atoms with Gasteiger partial charge in [-0.25, -0.2) is 8.42 Å². The van der Waals surface area contributed by atoms with Gasteiger partial charge in [0, 0.05) is 12.6 Å². The van der Waals surface area contributed by atoms with E-state index in [1.807, 2.05) is 12.1 Å². The van der Waals surface area contributed by atoms with Gasteiger partial charge in [0.2, 0.25) is 10.0 Å².